The van der Waals surface area contributed by atoms with Crippen LogP contribution in [0.3, 0.4) is 0 Å². The van der Waals surface area contributed by atoms with Crippen molar-refractivity contribution in [3.63, 3.8) is 0 Å². The molecule has 8 heteroatoms. The highest BCUT2D eigenvalue weighted by molar-refractivity contribution is 6.42. The number of carbonyl (C=O) groups is 1. The fourth-order valence-electron chi connectivity index (χ4n) is 3.65. The van der Waals surface area contributed by atoms with Crippen molar-refractivity contribution in [1.82, 2.24) is 20.4 Å². The van der Waals surface area contributed by atoms with Gasteiger partial charge in [0.05, 0.1) is 15.7 Å². The highest BCUT2D eigenvalue weighted by atomic mass is 35.5. The minimum atomic E-state index is -0.125. The number of fused-ring (bicyclic) bond motifs is 2. The van der Waals surface area contributed by atoms with Gasteiger partial charge in [-0.2, -0.15) is 5.10 Å². The van der Waals surface area contributed by atoms with E-state index in [1.54, 1.807) is 29.1 Å². The van der Waals surface area contributed by atoms with Crippen LogP contribution >= 0.6 is 35.6 Å². The molecule has 2 aliphatic rings. The molecule has 2 bridgehead atoms. The minimum absolute atomic E-state index is 0. The van der Waals surface area contributed by atoms with E-state index in [1.165, 1.54) is 12.8 Å². The molecule has 3 heterocycles. The second-order valence-corrected chi connectivity index (χ2v) is 7.34. The first kappa shape index (κ1) is 18.5. The molecule has 2 fully saturated rings. The predicted octanol–water partition coefficient (Wildman–Crippen LogP) is 3.61. The number of hydrogen-bond donors (Lipinski definition) is 2. The van der Waals surface area contributed by atoms with Gasteiger partial charge in [-0.3, -0.25) is 4.79 Å². The smallest absolute Gasteiger partial charge is 0.272 e. The Bertz CT molecular complexity index is 767. The Hall–Kier alpha value is -1.27. The molecule has 4 rings (SSSR count). The van der Waals surface area contributed by atoms with E-state index < -0.39 is 0 Å². The van der Waals surface area contributed by atoms with Gasteiger partial charge in [0.15, 0.2) is 5.69 Å². The van der Waals surface area contributed by atoms with Crippen molar-refractivity contribution in [3.05, 3.63) is 46.2 Å². The molecule has 0 radical (unpaired) electrons. The Morgan fingerprint density at radius 1 is 1.16 bits per heavy atom. The number of carbonyl (C=O) groups excluding carboxylic acids is 1. The number of benzene rings is 1. The summed E-state index contributed by atoms with van der Waals surface area (Å²) in [6, 6.07) is 8.28. The van der Waals surface area contributed by atoms with Crippen molar-refractivity contribution >= 4 is 41.5 Å². The van der Waals surface area contributed by atoms with Crippen LogP contribution in [0.1, 0.15) is 36.2 Å². The molecule has 1 aromatic heterocycles. The summed E-state index contributed by atoms with van der Waals surface area (Å²) < 4.78 is 1.63. The van der Waals surface area contributed by atoms with E-state index in [9.17, 15) is 4.79 Å². The maximum atomic E-state index is 12.5. The third-order valence-corrected chi connectivity index (χ3v) is 5.54. The van der Waals surface area contributed by atoms with Crippen LogP contribution in [0.25, 0.3) is 5.69 Å². The second kappa shape index (κ2) is 7.54. The lowest BCUT2D eigenvalue weighted by atomic mass is 10.00. The first-order valence-electron chi connectivity index (χ1n) is 8.16. The maximum absolute atomic E-state index is 12.5. The number of nitrogens with zero attached hydrogens (tertiary/aromatic N) is 2. The molecule has 1 amide bonds. The number of halogens is 3. The van der Waals surface area contributed by atoms with Crippen molar-refractivity contribution in [1.29, 1.82) is 0 Å². The van der Waals surface area contributed by atoms with Gasteiger partial charge >= 0.3 is 0 Å². The van der Waals surface area contributed by atoms with Crippen molar-refractivity contribution in [3.8, 4) is 5.69 Å². The van der Waals surface area contributed by atoms with E-state index in [-0.39, 0.29) is 24.4 Å². The van der Waals surface area contributed by atoms with E-state index in [0.717, 1.165) is 18.5 Å². The molecule has 0 saturated carbocycles. The molecule has 2 atom stereocenters. The lowest BCUT2D eigenvalue weighted by Gasteiger charge is -2.29. The lowest BCUT2D eigenvalue weighted by molar-refractivity contribution is 0.0918. The van der Waals surface area contributed by atoms with Crippen molar-refractivity contribution in [2.45, 2.75) is 43.8 Å². The summed E-state index contributed by atoms with van der Waals surface area (Å²) in [6.45, 7) is 0. The monoisotopic (exact) mass is 400 g/mol. The minimum Gasteiger partial charge on any atom is -0.348 e. The summed E-state index contributed by atoms with van der Waals surface area (Å²) in [5, 5.41) is 12.0. The van der Waals surface area contributed by atoms with E-state index >= 15 is 0 Å². The van der Waals surface area contributed by atoms with E-state index in [2.05, 4.69) is 15.7 Å². The van der Waals surface area contributed by atoms with Gasteiger partial charge in [-0.1, -0.05) is 23.2 Å². The lowest BCUT2D eigenvalue weighted by Crippen LogP contribution is -2.48. The Balaban J connectivity index is 0.00000182. The Morgan fingerprint density at radius 2 is 1.88 bits per heavy atom. The molecule has 25 heavy (non-hydrogen) atoms. The Labute approximate surface area is 162 Å². The van der Waals surface area contributed by atoms with Crippen molar-refractivity contribution < 1.29 is 4.79 Å². The number of aromatic nitrogens is 2. The molecule has 1 aromatic carbocycles. The SMILES string of the molecule is Cl.O=C(NC1CC2CCC(C1)N2)c1ccn(-c2ccc(Cl)c(Cl)c2)n1. The molecule has 0 spiro atoms. The topological polar surface area (TPSA) is 59.0 Å². The van der Waals surface area contributed by atoms with Crippen LogP contribution < -0.4 is 10.6 Å². The van der Waals surface area contributed by atoms with Crippen LogP contribution in [0, 0.1) is 0 Å². The first-order chi connectivity index (χ1) is 11.6. The standard InChI is InChI=1S/C17H18Cl2N4O.ClH/c18-14-4-3-13(9-15(14)19)23-6-5-16(22-23)17(24)21-12-7-10-1-2-11(8-12)20-10;/h3-6,9-12,20H,1-2,7-8H2,(H,21,24);1H. The van der Waals surface area contributed by atoms with Gasteiger partial charge in [0.1, 0.15) is 0 Å². The summed E-state index contributed by atoms with van der Waals surface area (Å²) in [6.07, 6.45) is 6.16. The van der Waals surface area contributed by atoms with Crippen LogP contribution in [0.15, 0.2) is 30.5 Å². The summed E-state index contributed by atoms with van der Waals surface area (Å²) in [5.74, 6) is -0.125. The van der Waals surface area contributed by atoms with Gasteiger partial charge < -0.3 is 10.6 Å². The number of nitrogens with one attached hydrogen (secondary N) is 2. The fraction of sp³-hybridized carbons (Fsp3) is 0.412. The van der Waals surface area contributed by atoms with E-state index in [4.69, 9.17) is 23.2 Å². The second-order valence-electron chi connectivity index (χ2n) is 6.52. The number of piperidine rings is 1. The Kier molecular flexibility index (Phi) is 5.58. The summed E-state index contributed by atoms with van der Waals surface area (Å²) in [7, 11) is 0. The average molecular weight is 402 g/mol. The van der Waals surface area contributed by atoms with Gasteiger partial charge in [0.25, 0.3) is 5.91 Å². The highest BCUT2D eigenvalue weighted by Gasteiger charge is 2.34. The molecule has 0 aliphatic carbocycles. The number of hydrogen-bond acceptors (Lipinski definition) is 3. The molecule has 2 aromatic rings. The van der Waals surface area contributed by atoms with Gasteiger partial charge in [-0.05, 0) is 49.9 Å². The van der Waals surface area contributed by atoms with Crippen molar-refractivity contribution in [2.24, 2.45) is 0 Å². The Morgan fingerprint density at radius 3 is 2.56 bits per heavy atom. The molecule has 2 saturated heterocycles. The molecule has 5 nitrogen and oxygen atoms in total. The molecule has 134 valence electrons. The number of rotatable bonds is 3. The normalized spacial score (nSPS) is 24.6. The molecular weight excluding hydrogens is 383 g/mol. The molecule has 2 aliphatic heterocycles. The number of amides is 1. The summed E-state index contributed by atoms with van der Waals surface area (Å²) in [5.41, 5.74) is 1.18. The molecule has 2 unspecified atom stereocenters. The summed E-state index contributed by atoms with van der Waals surface area (Å²) >= 11 is 12.0. The van der Waals surface area contributed by atoms with Crippen LogP contribution in [0.4, 0.5) is 0 Å². The van der Waals surface area contributed by atoms with Crippen LogP contribution in [0.2, 0.25) is 10.0 Å². The molecule has 2 N–H and O–H groups in total. The highest BCUT2D eigenvalue weighted by Crippen LogP contribution is 2.27. The van der Waals surface area contributed by atoms with Gasteiger partial charge in [0, 0.05) is 24.3 Å². The fourth-order valence-corrected chi connectivity index (χ4v) is 3.94. The van der Waals surface area contributed by atoms with Crippen LogP contribution in [0.5, 0.6) is 0 Å². The summed E-state index contributed by atoms with van der Waals surface area (Å²) in [4.78, 5) is 12.5. The quantitative estimate of drug-likeness (QED) is 0.826. The maximum Gasteiger partial charge on any atom is 0.272 e. The van der Waals surface area contributed by atoms with Gasteiger partial charge in [0.2, 0.25) is 0 Å². The predicted molar refractivity (Wildman–Crippen MR) is 101 cm³/mol. The van der Waals surface area contributed by atoms with E-state index in [0.29, 0.717) is 27.8 Å². The van der Waals surface area contributed by atoms with Crippen molar-refractivity contribution in [2.75, 3.05) is 0 Å². The average Bonchev–Trinajstić information content (AvgIpc) is 3.17. The third kappa shape index (κ3) is 3.95. The molecular formula is C17H19Cl3N4O. The zero-order valence-electron chi connectivity index (χ0n) is 13.4. The van der Waals surface area contributed by atoms with E-state index in [1.807, 2.05) is 6.07 Å². The zero-order valence-corrected chi connectivity index (χ0v) is 15.7. The van der Waals surface area contributed by atoms with Gasteiger partial charge in [-0.15, -0.1) is 12.4 Å². The first-order valence-corrected chi connectivity index (χ1v) is 8.92. The van der Waals surface area contributed by atoms with Gasteiger partial charge in [-0.25, -0.2) is 4.68 Å². The largest absolute Gasteiger partial charge is 0.348 e. The van der Waals surface area contributed by atoms with Crippen LogP contribution in [-0.4, -0.2) is 33.8 Å². The third-order valence-electron chi connectivity index (χ3n) is 4.80. The zero-order chi connectivity index (χ0) is 16.7. The van der Waals surface area contributed by atoms with Crippen LogP contribution in [-0.2, 0) is 0 Å².